The number of nitrogens with zero attached hydrogens (tertiary/aromatic N) is 1. The molecule has 2 rings (SSSR count). The lowest BCUT2D eigenvalue weighted by atomic mass is 10.2. The van der Waals surface area contributed by atoms with Crippen molar-refractivity contribution >= 4 is 11.7 Å². The molecule has 1 saturated carbocycles. The SMILES string of the molecule is CCCOc1cccc(NC(=O)N(C)CC(O)C2CC2)c1. The van der Waals surface area contributed by atoms with Crippen LogP contribution in [-0.4, -0.2) is 42.3 Å². The monoisotopic (exact) mass is 292 g/mol. The third kappa shape index (κ3) is 4.93. The molecule has 0 aromatic heterocycles. The van der Waals surface area contributed by atoms with Crippen LogP contribution in [0.4, 0.5) is 10.5 Å². The van der Waals surface area contributed by atoms with Crippen LogP contribution in [0.1, 0.15) is 26.2 Å². The number of carbonyl (C=O) groups is 1. The fraction of sp³-hybridized carbons (Fsp3) is 0.562. The molecule has 0 saturated heterocycles. The molecule has 1 aliphatic carbocycles. The second-order valence-corrected chi connectivity index (χ2v) is 5.59. The molecular formula is C16H24N2O3. The van der Waals surface area contributed by atoms with Crippen molar-refractivity contribution in [1.29, 1.82) is 0 Å². The Morgan fingerprint density at radius 2 is 2.29 bits per heavy atom. The van der Waals surface area contributed by atoms with E-state index in [1.807, 2.05) is 25.1 Å². The molecule has 0 spiro atoms. The molecule has 1 aromatic rings. The van der Waals surface area contributed by atoms with Crippen LogP contribution in [0.15, 0.2) is 24.3 Å². The Bertz CT molecular complexity index is 474. The number of rotatable bonds is 7. The van der Waals surface area contributed by atoms with E-state index in [0.717, 1.165) is 25.0 Å². The van der Waals surface area contributed by atoms with Gasteiger partial charge in [-0.15, -0.1) is 0 Å². The fourth-order valence-electron chi connectivity index (χ4n) is 2.10. The molecule has 5 heteroatoms. The van der Waals surface area contributed by atoms with E-state index in [1.54, 1.807) is 13.1 Å². The largest absolute Gasteiger partial charge is 0.494 e. The molecular weight excluding hydrogens is 268 g/mol. The van der Waals surface area contributed by atoms with Gasteiger partial charge in [0.25, 0.3) is 0 Å². The van der Waals surface area contributed by atoms with Crippen molar-refractivity contribution in [2.75, 3.05) is 25.5 Å². The van der Waals surface area contributed by atoms with Crippen molar-refractivity contribution in [3.8, 4) is 5.75 Å². The molecule has 0 heterocycles. The van der Waals surface area contributed by atoms with Crippen molar-refractivity contribution in [3.63, 3.8) is 0 Å². The minimum atomic E-state index is -0.417. The zero-order chi connectivity index (χ0) is 15.2. The predicted molar refractivity (Wildman–Crippen MR) is 82.6 cm³/mol. The smallest absolute Gasteiger partial charge is 0.321 e. The highest BCUT2D eigenvalue weighted by atomic mass is 16.5. The van der Waals surface area contributed by atoms with Crippen molar-refractivity contribution in [2.45, 2.75) is 32.3 Å². The van der Waals surface area contributed by atoms with Gasteiger partial charge in [-0.1, -0.05) is 13.0 Å². The molecule has 0 aliphatic heterocycles. The molecule has 0 radical (unpaired) electrons. The van der Waals surface area contributed by atoms with Crippen LogP contribution in [0, 0.1) is 5.92 Å². The van der Waals surface area contributed by atoms with Crippen molar-refractivity contribution < 1.29 is 14.6 Å². The van der Waals surface area contributed by atoms with Gasteiger partial charge < -0.3 is 20.1 Å². The standard InChI is InChI=1S/C16H24N2O3/c1-3-9-21-14-6-4-5-13(10-14)17-16(20)18(2)11-15(19)12-7-8-12/h4-6,10,12,15,19H,3,7-9,11H2,1-2H3,(H,17,20). The van der Waals surface area contributed by atoms with Crippen molar-refractivity contribution in [3.05, 3.63) is 24.3 Å². The maximum absolute atomic E-state index is 12.1. The summed E-state index contributed by atoms with van der Waals surface area (Å²) in [7, 11) is 1.69. The van der Waals surface area contributed by atoms with Gasteiger partial charge in [-0.05, 0) is 37.3 Å². The molecule has 5 nitrogen and oxygen atoms in total. The average molecular weight is 292 g/mol. The minimum Gasteiger partial charge on any atom is -0.494 e. The zero-order valence-electron chi connectivity index (χ0n) is 12.7. The van der Waals surface area contributed by atoms with E-state index in [0.29, 0.717) is 24.8 Å². The lowest BCUT2D eigenvalue weighted by molar-refractivity contribution is 0.117. The van der Waals surface area contributed by atoms with E-state index in [1.165, 1.54) is 4.90 Å². The molecule has 2 amide bonds. The molecule has 1 aliphatic rings. The highest BCUT2D eigenvalue weighted by Crippen LogP contribution is 2.32. The number of carbonyl (C=O) groups excluding carboxylic acids is 1. The van der Waals surface area contributed by atoms with Gasteiger partial charge in [-0.3, -0.25) is 0 Å². The third-order valence-electron chi connectivity index (χ3n) is 3.53. The Hall–Kier alpha value is -1.75. The van der Waals surface area contributed by atoms with Gasteiger partial charge >= 0.3 is 6.03 Å². The summed E-state index contributed by atoms with van der Waals surface area (Å²) in [6.07, 6.45) is 2.65. The van der Waals surface area contributed by atoms with Gasteiger partial charge in [-0.2, -0.15) is 0 Å². The first-order valence-electron chi connectivity index (χ1n) is 7.53. The van der Waals surface area contributed by atoms with Crippen LogP contribution in [-0.2, 0) is 0 Å². The summed E-state index contributed by atoms with van der Waals surface area (Å²) in [5, 5.41) is 12.7. The molecule has 0 bridgehead atoms. The lowest BCUT2D eigenvalue weighted by Crippen LogP contribution is -2.37. The number of nitrogens with one attached hydrogen (secondary N) is 1. The topological polar surface area (TPSA) is 61.8 Å². The number of anilines is 1. The van der Waals surface area contributed by atoms with Crippen LogP contribution in [0.5, 0.6) is 5.75 Å². The van der Waals surface area contributed by atoms with Gasteiger partial charge in [0.1, 0.15) is 5.75 Å². The average Bonchev–Trinajstić information content (AvgIpc) is 3.30. The first-order valence-corrected chi connectivity index (χ1v) is 7.53. The number of amides is 2. The molecule has 21 heavy (non-hydrogen) atoms. The number of ether oxygens (including phenoxy) is 1. The van der Waals surface area contributed by atoms with E-state index in [4.69, 9.17) is 4.74 Å². The van der Waals surface area contributed by atoms with Gasteiger partial charge in [0.15, 0.2) is 0 Å². The van der Waals surface area contributed by atoms with Crippen LogP contribution in [0.2, 0.25) is 0 Å². The van der Waals surface area contributed by atoms with Crippen molar-refractivity contribution in [2.24, 2.45) is 5.92 Å². The summed E-state index contributed by atoms with van der Waals surface area (Å²) in [5.41, 5.74) is 0.696. The fourth-order valence-corrected chi connectivity index (χ4v) is 2.10. The quantitative estimate of drug-likeness (QED) is 0.812. The third-order valence-corrected chi connectivity index (χ3v) is 3.53. The molecule has 1 fully saturated rings. The summed E-state index contributed by atoms with van der Waals surface area (Å²) < 4.78 is 5.54. The highest BCUT2D eigenvalue weighted by Gasteiger charge is 2.31. The number of benzene rings is 1. The summed E-state index contributed by atoms with van der Waals surface area (Å²) in [4.78, 5) is 13.6. The summed E-state index contributed by atoms with van der Waals surface area (Å²) in [6, 6.07) is 7.12. The number of aliphatic hydroxyl groups is 1. The van der Waals surface area contributed by atoms with E-state index in [2.05, 4.69) is 5.32 Å². The van der Waals surface area contributed by atoms with Gasteiger partial charge in [-0.25, -0.2) is 4.79 Å². The normalized spacial score (nSPS) is 15.4. The Balaban J connectivity index is 1.85. The summed E-state index contributed by atoms with van der Waals surface area (Å²) in [5.74, 6) is 1.11. The Morgan fingerprint density at radius 1 is 1.52 bits per heavy atom. The number of aliphatic hydroxyl groups excluding tert-OH is 1. The Labute approximate surface area is 125 Å². The summed E-state index contributed by atoms with van der Waals surface area (Å²) >= 11 is 0. The number of urea groups is 1. The zero-order valence-corrected chi connectivity index (χ0v) is 12.7. The molecule has 1 atom stereocenters. The summed E-state index contributed by atoms with van der Waals surface area (Å²) in [6.45, 7) is 3.07. The van der Waals surface area contributed by atoms with E-state index < -0.39 is 6.10 Å². The first-order chi connectivity index (χ1) is 10.1. The number of hydrogen-bond acceptors (Lipinski definition) is 3. The van der Waals surface area contributed by atoms with Crippen LogP contribution < -0.4 is 10.1 Å². The molecule has 116 valence electrons. The van der Waals surface area contributed by atoms with Crippen LogP contribution >= 0.6 is 0 Å². The predicted octanol–water partition coefficient (Wildman–Crippen LogP) is 2.71. The highest BCUT2D eigenvalue weighted by molar-refractivity contribution is 5.89. The maximum atomic E-state index is 12.1. The second kappa shape index (κ2) is 7.31. The Kier molecular flexibility index (Phi) is 5.44. The van der Waals surface area contributed by atoms with E-state index in [-0.39, 0.29) is 6.03 Å². The van der Waals surface area contributed by atoms with Crippen LogP contribution in [0.25, 0.3) is 0 Å². The maximum Gasteiger partial charge on any atom is 0.321 e. The molecule has 1 unspecified atom stereocenters. The van der Waals surface area contributed by atoms with E-state index >= 15 is 0 Å². The van der Waals surface area contributed by atoms with Gasteiger partial charge in [0.05, 0.1) is 12.7 Å². The second-order valence-electron chi connectivity index (χ2n) is 5.59. The van der Waals surface area contributed by atoms with Gasteiger partial charge in [0.2, 0.25) is 0 Å². The lowest BCUT2D eigenvalue weighted by Gasteiger charge is -2.21. The van der Waals surface area contributed by atoms with E-state index in [9.17, 15) is 9.90 Å². The van der Waals surface area contributed by atoms with Crippen LogP contribution in [0.3, 0.4) is 0 Å². The number of likely N-dealkylation sites (N-methyl/N-ethyl adjacent to an activating group) is 1. The molecule has 1 aromatic carbocycles. The van der Waals surface area contributed by atoms with Gasteiger partial charge in [0, 0.05) is 25.3 Å². The number of hydrogen-bond donors (Lipinski definition) is 2. The first kappa shape index (κ1) is 15.6. The molecule has 2 N–H and O–H groups in total. The Morgan fingerprint density at radius 3 is 2.95 bits per heavy atom. The van der Waals surface area contributed by atoms with Crippen molar-refractivity contribution in [1.82, 2.24) is 4.90 Å². The minimum absolute atomic E-state index is 0.220.